The molecular formula is C10H12N2. The number of hydrogen-bond donors (Lipinski definition) is 1. The van der Waals surface area contributed by atoms with E-state index in [1.807, 2.05) is 25.2 Å². The highest BCUT2D eigenvalue weighted by atomic mass is 15.3. The normalized spacial score (nSPS) is 16.9. The molecule has 1 aliphatic heterocycles. The highest BCUT2D eigenvalue weighted by molar-refractivity contribution is 6.10. The van der Waals surface area contributed by atoms with E-state index >= 15 is 0 Å². The van der Waals surface area contributed by atoms with Crippen molar-refractivity contribution in [2.24, 2.45) is 5.10 Å². The molecule has 2 heteroatoms. The number of hydrogen-bond acceptors (Lipinski definition) is 2. The molecule has 0 bridgehead atoms. The predicted molar refractivity (Wildman–Crippen MR) is 52.8 cm³/mol. The number of hydrazone groups is 1. The first-order chi connectivity index (χ1) is 5.77. The van der Waals surface area contributed by atoms with E-state index in [-0.39, 0.29) is 0 Å². The highest BCUT2D eigenvalue weighted by Crippen LogP contribution is 2.05. The minimum absolute atomic E-state index is 0.804. The number of nitrogens with one attached hydrogen (secondary N) is 1. The van der Waals surface area contributed by atoms with Gasteiger partial charge in [-0.25, -0.2) is 0 Å². The maximum absolute atomic E-state index is 4.09. The summed E-state index contributed by atoms with van der Waals surface area (Å²) in [4.78, 5) is 0. The fourth-order valence-electron chi connectivity index (χ4n) is 0.917. The Labute approximate surface area is 72.7 Å². The van der Waals surface area contributed by atoms with Crippen LogP contribution in [0.2, 0.25) is 0 Å². The first-order valence-electron chi connectivity index (χ1n) is 3.77. The first-order valence-corrected chi connectivity index (χ1v) is 3.77. The van der Waals surface area contributed by atoms with E-state index in [9.17, 15) is 0 Å². The van der Waals surface area contributed by atoms with Crippen molar-refractivity contribution >= 4 is 5.71 Å². The summed E-state index contributed by atoms with van der Waals surface area (Å²) in [5, 5.41) is 4.09. The van der Waals surface area contributed by atoms with Crippen LogP contribution >= 0.6 is 0 Å². The van der Waals surface area contributed by atoms with Gasteiger partial charge in [-0.1, -0.05) is 25.3 Å². The second kappa shape index (κ2) is 3.72. The standard InChI is InChI=1S/C10H12N2/c1-4-9(5-2)10-7-6-8(3)11-12-10/h4-7,11H,1,3H2,2H3/b9-5+. The molecule has 0 radical (unpaired) electrons. The van der Waals surface area contributed by atoms with E-state index < -0.39 is 0 Å². The topological polar surface area (TPSA) is 24.4 Å². The lowest BCUT2D eigenvalue weighted by atomic mass is 10.1. The molecule has 62 valence electrons. The quantitative estimate of drug-likeness (QED) is 0.615. The summed E-state index contributed by atoms with van der Waals surface area (Å²) in [5.41, 5.74) is 5.51. The molecule has 0 aromatic carbocycles. The lowest BCUT2D eigenvalue weighted by Gasteiger charge is -2.08. The Morgan fingerprint density at radius 1 is 1.58 bits per heavy atom. The average molecular weight is 160 g/mol. The van der Waals surface area contributed by atoms with E-state index in [1.165, 1.54) is 0 Å². The largest absolute Gasteiger partial charge is 0.279 e. The molecule has 12 heavy (non-hydrogen) atoms. The summed E-state index contributed by atoms with van der Waals surface area (Å²) < 4.78 is 0. The Morgan fingerprint density at radius 2 is 2.33 bits per heavy atom. The minimum Gasteiger partial charge on any atom is -0.279 e. The molecule has 0 spiro atoms. The van der Waals surface area contributed by atoms with Gasteiger partial charge in [-0.3, -0.25) is 5.43 Å². The van der Waals surface area contributed by atoms with Crippen LogP contribution in [-0.2, 0) is 0 Å². The van der Waals surface area contributed by atoms with Gasteiger partial charge in [-0.15, -0.1) is 0 Å². The maximum Gasteiger partial charge on any atom is 0.0902 e. The Balaban J connectivity index is 2.85. The summed E-state index contributed by atoms with van der Waals surface area (Å²) in [5.74, 6) is 0. The fraction of sp³-hybridized carbons (Fsp3) is 0.100. The lowest BCUT2D eigenvalue weighted by molar-refractivity contribution is 0.914. The van der Waals surface area contributed by atoms with Gasteiger partial charge in [0.15, 0.2) is 0 Å². The van der Waals surface area contributed by atoms with Crippen molar-refractivity contribution < 1.29 is 0 Å². The van der Waals surface area contributed by atoms with Crippen molar-refractivity contribution in [3.8, 4) is 0 Å². The van der Waals surface area contributed by atoms with Crippen molar-refractivity contribution in [3.05, 3.63) is 48.7 Å². The molecule has 0 atom stereocenters. The van der Waals surface area contributed by atoms with E-state index in [1.54, 1.807) is 6.08 Å². The van der Waals surface area contributed by atoms with Gasteiger partial charge in [0.2, 0.25) is 0 Å². The molecule has 0 aliphatic carbocycles. The van der Waals surface area contributed by atoms with E-state index in [0.29, 0.717) is 0 Å². The average Bonchev–Trinajstić information content (AvgIpc) is 2.10. The zero-order valence-corrected chi connectivity index (χ0v) is 7.17. The SMILES string of the molecule is C=C/C(=C\C)C1=NNC(=C)C=C1. The zero-order chi connectivity index (χ0) is 8.97. The number of nitrogens with zero attached hydrogens (tertiary/aromatic N) is 1. The van der Waals surface area contributed by atoms with Crippen molar-refractivity contribution in [2.45, 2.75) is 6.92 Å². The van der Waals surface area contributed by atoms with Gasteiger partial charge in [0, 0.05) is 5.70 Å². The van der Waals surface area contributed by atoms with Crippen LogP contribution in [0, 0.1) is 0 Å². The van der Waals surface area contributed by atoms with Crippen LogP contribution in [0.15, 0.2) is 53.8 Å². The first kappa shape index (κ1) is 8.53. The monoisotopic (exact) mass is 160 g/mol. The molecule has 0 aromatic rings. The van der Waals surface area contributed by atoms with Gasteiger partial charge < -0.3 is 0 Å². The van der Waals surface area contributed by atoms with E-state index in [2.05, 4.69) is 23.7 Å². The summed E-state index contributed by atoms with van der Waals surface area (Å²) in [6.45, 7) is 9.36. The summed E-state index contributed by atoms with van der Waals surface area (Å²) >= 11 is 0. The number of rotatable bonds is 2. The molecule has 1 N–H and O–H groups in total. The molecule has 1 rings (SSSR count). The van der Waals surface area contributed by atoms with Crippen molar-refractivity contribution in [3.63, 3.8) is 0 Å². The smallest absolute Gasteiger partial charge is 0.0902 e. The summed E-state index contributed by atoms with van der Waals surface area (Å²) in [6.07, 6.45) is 7.54. The van der Waals surface area contributed by atoms with Gasteiger partial charge in [-0.2, -0.15) is 5.10 Å². The van der Waals surface area contributed by atoms with Crippen LogP contribution in [0.3, 0.4) is 0 Å². The molecule has 0 fully saturated rings. The van der Waals surface area contributed by atoms with Gasteiger partial charge in [0.25, 0.3) is 0 Å². The number of allylic oxidation sites excluding steroid dienone is 5. The van der Waals surface area contributed by atoms with Crippen LogP contribution in [0.1, 0.15) is 6.92 Å². The van der Waals surface area contributed by atoms with Gasteiger partial charge in [0.1, 0.15) is 0 Å². The van der Waals surface area contributed by atoms with E-state index in [4.69, 9.17) is 0 Å². The highest BCUT2D eigenvalue weighted by Gasteiger charge is 2.02. The predicted octanol–water partition coefficient (Wildman–Crippen LogP) is 2.15. The second-order valence-electron chi connectivity index (χ2n) is 2.42. The van der Waals surface area contributed by atoms with Crippen LogP contribution in [0.4, 0.5) is 0 Å². The van der Waals surface area contributed by atoms with Crippen LogP contribution in [0.25, 0.3) is 0 Å². The third-order valence-electron chi connectivity index (χ3n) is 1.59. The molecular weight excluding hydrogens is 148 g/mol. The molecule has 0 unspecified atom stereocenters. The molecule has 1 aliphatic rings. The van der Waals surface area contributed by atoms with Crippen LogP contribution in [0.5, 0.6) is 0 Å². The third kappa shape index (κ3) is 1.72. The Morgan fingerprint density at radius 3 is 2.75 bits per heavy atom. The Kier molecular flexibility index (Phi) is 2.64. The maximum atomic E-state index is 4.09. The van der Waals surface area contributed by atoms with Crippen LogP contribution < -0.4 is 5.43 Å². The molecule has 0 aromatic heterocycles. The molecule has 0 saturated carbocycles. The van der Waals surface area contributed by atoms with Crippen molar-refractivity contribution in [1.29, 1.82) is 0 Å². The van der Waals surface area contributed by atoms with Crippen molar-refractivity contribution in [2.75, 3.05) is 0 Å². The molecule has 0 amide bonds. The zero-order valence-electron chi connectivity index (χ0n) is 7.17. The molecule has 1 heterocycles. The summed E-state index contributed by atoms with van der Waals surface area (Å²) in [7, 11) is 0. The van der Waals surface area contributed by atoms with Gasteiger partial charge >= 0.3 is 0 Å². The molecule has 0 saturated heterocycles. The van der Waals surface area contributed by atoms with Gasteiger partial charge in [-0.05, 0) is 24.6 Å². The minimum atomic E-state index is 0.804. The van der Waals surface area contributed by atoms with Crippen molar-refractivity contribution in [1.82, 2.24) is 5.43 Å². The summed E-state index contributed by atoms with van der Waals surface area (Å²) in [6, 6.07) is 0. The van der Waals surface area contributed by atoms with E-state index in [0.717, 1.165) is 17.0 Å². The third-order valence-corrected chi connectivity index (χ3v) is 1.59. The lowest BCUT2D eigenvalue weighted by Crippen LogP contribution is -2.12. The fourth-order valence-corrected chi connectivity index (χ4v) is 0.917. The Hall–Kier alpha value is -1.57. The molecule has 2 nitrogen and oxygen atoms in total. The van der Waals surface area contributed by atoms with Crippen LogP contribution in [-0.4, -0.2) is 5.71 Å². The Bertz CT molecular complexity index is 293. The van der Waals surface area contributed by atoms with Gasteiger partial charge in [0.05, 0.1) is 5.71 Å². The second-order valence-corrected chi connectivity index (χ2v) is 2.42.